The van der Waals surface area contributed by atoms with Crippen molar-refractivity contribution in [2.24, 2.45) is 0 Å². The van der Waals surface area contributed by atoms with Crippen molar-refractivity contribution >= 4 is 24.2 Å². The molecule has 1 aliphatic heterocycles. The molecular formula is C24H37N3O7. The van der Waals surface area contributed by atoms with Crippen LogP contribution in [-0.4, -0.2) is 102 Å². The molecule has 10 nitrogen and oxygen atoms in total. The zero-order valence-corrected chi connectivity index (χ0v) is 20.0. The standard InChI is InChI=1S/C24H37N3O7/c1-25-7-10-31-12-14-33-16-17-34-15-13-32-11-8-26-23-6-2-5-21-22(23)18-27(24(21)30)20(19-29)4-3-9-28/h2,5-6,9,19-20,25-26H,3-4,7-8,10-18H2,1H3. The smallest absolute Gasteiger partial charge is 0.255 e. The maximum absolute atomic E-state index is 12.7. The van der Waals surface area contributed by atoms with Crippen molar-refractivity contribution < 1.29 is 33.3 Å². The number of anilines is 1. The Morgan fingerprint density at radius 3 is 2.15 bits per heavy atom. The quantitative estimate of drug-likeness (QED) is 0.196. The van der Waals surface area contributed by atoms with Gasteiger partial charge in [-0.3, -0.25) is 4.79 Å². The number of amides is 1. The van der Waals surface area contributed by atoms with Gasteiger partial charge in [0.25, 0.3) is 5.91 Å². The molecule has 34 heavy (non-hydrogen) atoms. The molecule has 1 aliphatic rings. The number of hydrogen-bond donors (Lipinski definition) is 2. The molecule has 2 rings (SSSR count). The molecule has 0 aromatic heterocycles. The number of benzene rings is 1. The number of aldehydes is 2. The van der Waals surface area contributed by atoms with Crippen molar-refractivity contribution in [3.63, 3.8) is 0 Å². The predicted octanol–water partition coefficient (Wildman–Crippen LogP) is 0.887. The number of rotatable bonds is 21. The highest BCUT2D eigenvalue weighted by atomic mass is 16.6. The van der Waals surface area contributed by atoms with Crippen LogP contribution in [0.4, 0.5) is 5.69 Å². The van der Waals surface area contributed by atoms with Gasteiger partial charge in [0, 0.05) is 42.9 Å². The Labute approximate surface area is 201 Å². The first-order valence-corrected chi connectivity index (χ1v) is 11.7. The van der Waals surface area contributed by atoms with E-state index in [4.69, 9.17) is 18.9 Å². The van der Waals surface area contributed by atoms with Gasteiger partial charge in [0.2, 0.25) is 0 Å². The molecule has 1 aromatic carbocycles. The number of likely N-dealkylation sites (N-methyl/N-ethyl adjacent to an activating group) is 1. The Bertz CT molecular complexity index is 747. The van der Waals surface area contributed by atoms with Crippen LogP contribution in [0, 0.1) is 0 Å². The molecule has 1 unspecified atom stereocenters. The van der Waals surface area contributed by atoms with Crippen molar-refractivity contribution in [2.45, 2.75) is 25.4 Å². The number of nitrogens with one attached hydrogen (secondary N) is 2. The Morgan fingerprint density at radius 1 is 0.941 bits per heavy atom. The molecule has 1 amide bonds. The van der Waals surface area contributed by atoms with Gasteiger partial charge >= 0.3 is 0 Å². The number of fused-ring (bicyclic) bond motifs is 1. The van der Waals surface area contributed by atoms with Crippen LogP contribution in [0.2, 0.25) is 0 Å². The lowest BCUT2D eigenvalue weighted by Crippen LogP contribution is -2.36. The molecule has 0 radical (unpaired) electrons. The zero-order chi connectivity index (χ0) is 24.4. The van der Waals surface area contributed by atoms with Crippen LogP contribution in [0.3, 0.4) is 0 Å². The van der Waals surface area contributed by atoms with E-state index in [0.717, 1.165) is 30.4 Å². The van der Waals surface area contributed by atoms with Gasteiger partial charge in [-0.25, -0.2) is 0 Å². The Hall–Kier alpha value is -2.37. The van der Waals surface area contributed by atoms with Crippen molar-refractivity contribution in [1.29, 1.82) is 0 Å². The lowest BCUT2D eigenvalue weighted by atomic mass is 10.1. The molecule has 190 valence electrons. The molecule has 1 heterocycles. The molecule has 0 aliphatic carbocycles. The van der Waals surface area contributed by atoms with Gasteiger partial charge in [0.15, 0.2) is 0 Å². The number of nitrogens with zero attached hydrogens (tertiary/aromatic N) is 1. The second kappa shape index (κ2) is 17.1. The number of hydrogen-bond acceptors (Lipinski definition) is 9. The first-order valence-electron chi connectivity index (χ1n) is 11.7. The van der Waals surface area contributed by atoms with E-state index >= 15 is 0 Å². The lowest BCUT2D eigenvalue weighted by molar-refractivity contribution is -0.112. The minimum absolute atomic E-state index is 0.180. The van der Waals surface area contributed by atoms with E-state index < -0.39 is 6.04 Å². The van der Waals surface area contributed by atoms with E-state index in [-0.39, 0.29) is 12.3 Å². The molecule has 0 fully saturated rings. The number of carbonyl (C=O) groups excluding carboxylic acids is 3. The highest BCUT2D eigenvalue weighted by Gasteiger charge is 2.33. The summed E-state index contributed by atoms with van der Waals surface area (Å²) < 4.78 is 21.8. The van der Waals surface area contributed by atoms with Gasteiger partial charge in [-0.2, -0.15) is 0 Å². The summed E-state index contributed by atoms with van der Waals surface area (Å²) in [4.78, 5) is 36.3. The SMILES string of the molecule is CNCCOCCOCCOCCOCCNc1cccc2c1CN(C(C=O)CCC=O)C2=O. The normalized spacial score (nSPS) is 13.7. The second-order valence-corrected chi connectivity index (χ2v) is 7.69. The molecule has 1 aromatic rings. The van der Waals surface area contributed by atoms with Crippen LogP contribution >= 0.6 is 0 Å². The van der Waals surface area contributed by atoms with Gasteiger partial charge < -0.3 is 44.1 Å². The third kappa shape index (κ3) is 9.47. The van der Waals surface area contributed by atoms with E-state index in [0.29, 0.717) is 77.9 Å². The third-order valence-electron chi connectivity index (χ3n) is 5.31. The molecule has 0 spiro atoms. The highest BCUT2D eigenvalue weighted by molar-refractivity contribution is 6.01. The van der Waals surface area contributed by atoms with Crippen LogP contribution in [0.1, 0.15) is 28.8 Å². The fourth-order valence-corrected chi connectivity index (χ4v) is 3.52. The van der Waals surface area contributed by atoms with Crippen LogP contribution in [-0.2, 0) is 35.1 Å². The zero-order valence-electron chi connectivity index (χ0n) is 20.0. The fraction of sp³-hybridized carbons (Fsp3) is 0.625. The van der Waals surface area contributed by atoms with Crippen LogP contribution < -0.4 is 10.6 Å². The Balaban J connectivity index is 1.57. The molecule has 0 bridgehead atoms. The maximum Gasteiger partial charge on any atom is 0.255 e. The predicted molar refractivity (Wildman–Crippen MR) is 127 cm³/mol. The van der Waals surface area contributed by atoms with Gasteiger partial charge in [-0.15, -0.1) is 0 Å². The minimum Gasteiger partial charge on any atom is -0.382 e. The number of carbonyl (C=O) groups is 3. The minimum atomic E-state index is -0.594. The van der Waals surface area contributed by atoms with Crippen molar-refractivity contribution in [3.05, 3.63) is 29.3 Å². The van der Waals surface area contributed by atoms with E-state index in [2.05, 4.69) is 10.6 Å². The number of ether oxygens (including phenoxy) is 4. The molecule has 10 heteroatoms. The summed E-state index contributed by atoms with van der Waals surface area (Å²) in [5.74, 6) is -0.180. The summed E-state index contributed by atoms with van der Waals surface area (Å²) in [5, 5.41) is 6.31. The summed E-state index contributed by atoms with van der Waals surface area (Å²) in [6.45, 7) is 6.03. The summed E-state index contributed by atoms with van der Waals surface area (Å²) in [6.07, 6.45) is 2.08. The van der Waals surface area contributed by atoms with Crippen molar-refractivity contribution in [1.82, 2.24) is 10.2 Å². The topological polar surface area (TPSA) is 115 Å². The van der Waals surface area contributed by atoms with Gasteiger partial charge in [0.1, 0.15) is 12.6 Å². The first-order chi connectivity index (χ1) is 16.7. The van der Waals surface area contributed by atoms with E-state index in [1.54, 1.807) is 6.07 Å². The van der Waals surface area contributed by atoms with Gasteiger partial charge in [-0.05, 0) is 25.6 Å². The van der Waals surface area contributed by atoms with E-state index in [1.807, 2.05) is 19.2 Å². The van der Waals surface area contributed by atoms with Gasteiger partial charge in [0.05, 0.1) is 58.9 Å². The monoisotopic (exact) mass is 479 g/mol. The molecular weight excluding hydrogens is 442 g/mol. The van der Waals surface area contributed by atoms with Gasteiger partial charge in [-0.1, -0.05) is 6.07 Å². The largest absolute Gasteiger partial charge is 0.382 e. The summed E-state index contributed by atoms with van der Waals surface area (Å²) in [7, 11) is 1.88. The summed E-state index contributed by atoms with van der Waals surface area (Å²) >= 11 is 0. The average Bonchev–Trinajstić information content (AvgIpc) is 3.19. The van der Waals surface area contributed by atoms with Crippen molar-refractivity contribution in [2.75, 3.05) is 78.3 Å². The maximum atomic E-state index is 12.7. The Kier molecular flexibility index (Phi) is 14.0. The van der Waals surface area contributed by atoms with E-state index in [9.17, 15) is 14.4 Å². The molecule has 0 saturated carbocycles. The Morgan fingerprint density at radius 2 is 1.56 bits per heavy atom. The molecule has 0 saturated heterocycles. The average molecular weight is 480 g/mol. The van der Waals surface area contributed by atoms with Crippen LogP contribution in [0.5, 0.6) is 0 Å². The molecule has 2 N–H and O–H groups in total. The second-order valence-electron chi connectivity index (χ2n) is 7.69. The van der Waals surface area contributed by atoms with Crippen LogP contribution in [0.15, 0.2) is 18.2 Å². The van der Waals surface area contributed by atoms with E-state index in [1.165, 1.54) is 4.90 Å². The summed E-state index contributed by atoms with van der Waals surface area (Å²) in [6, 6.07) is 4.89. The summed E-state index contributed by atoms with van der Waals surface area (Å²) in [5.41, 5.74) is 2.30. The highest BCUT2D eigenvalue weighted by Crippen LogP contribution is 2.31. The molecule has 1 atom stereocenters. The lowest BCUT2D eigenvalue weighted by Gasteiger charge is -2.22. The fourth-order valence-electron chi connectivity index (χ4n) is 3.52. The van der Waals surface area contributed by atoms with Crippen LogP contribution in [0.25, 0.3) is 0 Å². The first kappa shape index (κ1) is 27.9. The third-order valence-corrected chi connectivity index (χ3v) is 5.31. The van der Waals surface area contributed by atoms with Crippen molar-refractivity contribution in [3.8, 4) is 0 Å².